The average Bonchev–Trinajstić information content (AvgIpc) is 3.01. The Labute approximate surface area is 125 Å². The molecule has 1 aliphatic heterocycles. The van der Waals surface area contributed by atoms with Crippen molar-refractivity contribution in [1.29, 1.82) is 0 Å². The molecule has 1 fully saturated rings. The quantitative estimate of drug-likeness (QED) is 0.900. The third kappa shape index (κ3) is 4.04. The minimum absolute atomic E-state index is 0.0384. The highest BCUT2D eigenvalue weighted by atomic mass is 16.5. The van der Waals surface area contributed by atoms with Crippen LogP contribution >= 0.6 is 0 Å². The number of hydrogen-bond donors (Lipinski definition) is 1. The van der Waals surface area contributed by atoms with E-state index in [4.69, 9.17) is 4.74 Å². The van der Waals surface area contributed by atoms with Crippen LogP contribution in [-0.4, -0.2) is 43.0 Å². The van der Waals surface area contributed by atoms with E-state index >= 15 is 0 Å². The molecule has 0 saturated carbocycles. The second-order valence-corrected chi connectivity index (χ2v) is 5.25. The minimum atomic E-state index is -0.384. The molecular formula is C16H22N2O3. The number of ether oxygens (including phenoxy) is 1. The molecule has 21 heavy (non-hydrogen) atoms. The highest BCUT2D eigenvalue weighted by Crippen LogP contribution is 2.16. The minimum Gasteiger partial charge on any atom is -0.368 e. The van der Waals surface area contributed by atoms with Crippen LogP contribution in [0.15, 0.2) is 24.3 Å². The predicted molar refractivity (Wildman–Crippen MR) is 81.1 cm³/mol. The molecule has 1 saturated heterocycles. The molecule has 0 spiro atoms. The van der Waals surface area contributed by atoms with E-state index in [1.54, 1.807) is 7.05 Å². The summed E-state index contributed by atoms with van der Waals surface area (Å²) in [5.41, 5.74) is 1.89. The van der Waals surface area contributed by atoms with E-state index in [0.29, 0.717) is 6.61 Å². The summed E-state index contributed by atoms with van der Waals surface area (Å²) in [6, 6.07) is 7.69. The van der Waals surface area contributed by atoms with Gasteiger partial charge in [-0.25, -0.2) is 0 Å². The molecular weight excluding hydrogens is 268 g/mol. The number of likely N-dealkylation sites (N-methyl/N-ethyl adjacent to an activating group) is 1. The maximum absolute atomic E-state index is 12.1. The number of nitrogens with one attached hydrogen (secondary N) is 1. The van der Waals surface area contributed by atoms with Crippen molar-refractivity contribution in [2.45, 2.75) is 32.3 Å². The molecule has 1 N–H and O–H groups in total. The van der Waals surface area contributed by atoms with Crippen LogP contribution in [0.3, 0.4) is 0 Å². The molecule has 1 atom stereocenters. The zero-order valence-electron chi connectivity index (χ0n) is 12.6. The number of hydrogen-bond acceptors (Lipinski definition) is 3. The summed E-state index contributed by atoms with van der Waals surface area (Å²) in [5.74, 6) is -0.309. The number of para-hydroxylation sites is 1. The number of carbonyl (C=O) groups is 2. The summed E-state index contributed by atoms with van der Waals surface area (Å²) in [4.78, 5) is 25.6. The van der Waals surface area contributed by atoms with Crippen LogP contribution in [0.2, 0.25) is 0 Å². The molecule has 114 valence electrons. The average molecular weight is 290 g/mol. The molecule has 1 aliphatic rings. The Hall–Kier alpha value is -1.88. The van der Waals surface area contributed by atoms with E-state index in [0.717, 1.165) is 30.5 Å². The molecule has 1 unspecified atom stereocenters. The highest BCUT2D eigenvalue weighted by Gasteiger charge is 2.27. The van der Waals surface area contributed by atoms with Gasteiger partial charge in [0.15, 0.2) is 0 Å². The van der Waals surface area contributed by atoms with Crippen molar-refractivity contribution in [3.63, 3.8) is 0 Å². The van der Waals surface area contributed by atoms with Crippen molar-refractivity contribution in [2.75, 3.05) is 25.5 Å². The Morgan fingerprint density at radius 2 is 2.14 bits per heavy atom. The normalized spacial score (nSPS) is 17.5. The second-order valence-electron chi connectivity index (χ2n) is 5.25. The van der Waals surface area contributed by atoms with Gasteiger partial charge in [-0.05, 0) is 30.9 Å². The van der Waals surface area contributed by atoms with Gasteiger partial charge in [-0.1, -0.05) is 25.1 Å². The van der Waals surface area contributed by atoms with Crippen molar-refractivity contribution in [3.05, 3.63) is 29.8 Å². The second kappa shape index (κ2) is 7.22. The molecule has 1 heterocycles. The number of rotatable bonds is 5. The van der Waals surface area contributed by atoms with Gasteiger partial charge in [0.2, 0.25) is 5.91 Å². The van der Waals surface area contributed by atoms with E-state index in [9.17, 15) is 9.59 Å². The predicted octanol–water partition coefficient (Wildman–Crippen LogP) is 1.82. The first-order valence-electron chi connectivity index (χ1n) is 7.36. The maximum Gasteiger partial charge on any atom is 0.251 e. The fraction of sp³-hybridized carbons (Fsp3) is 0.500. The highest BCUT2D eigenvalue weighted by molar-refractivity contribution is 5.95. The number of nitrogens with zero attached hydrogens (tertiary/aromatic N) is 1. The van der Waals surface area contributed by atoms with Crippen molar-refractivity contribution < 1.29 is 14.3 Å². The summed E-state index contributed by atoms with van der Waals surface area (Å²) in [7, 11) is 1.63. The first-order valence-corrected chi connectivity index (χ1v) is 7.36. The van der Waals surface area contributed by atoms with Crippen LogP contribution in [0.1, 0.15) is 25.3 Å². The molecule has 0 bridgehead atoms. The Balaban J connectivity index is 1.90. The summed E-state index contributed by atoms with van der Waals surface area (Å²) in [6.45, 7) is 2.70. The Kier molecular flexibility index (Phi) is 5.33. The van der Waals surface area contributed by atoms with Gasteiger partial charge in [-0.15, -0.1) is 0 Å². The number of aryl methyl sites for hydroxylation is 1. The van der Waals surface area contributed by atoms with Crippen LogP contribution in [0.25, 0.3) is 0 Å². The lowest BCUT2D eigenvalue weighted by Crippen LogP contribution is -2.40. The molecule has 2 amide bonds. The summed E-state index contributed by atoms with van der Waals surface area (Å²) in [6.07, 6.45) is 2.11. The van der Waals surface area contributed by atoms with Gasteiger partial charge in [-0.2, -0.15) is 0 Å². The first-order chi connectivity index (χ1) is 10.1. The SMILES string of the molecule is CCc1ccccc1NC(=O)CN(C)C(=O)C1CCCO1. The van der Waals surface area contributed by atoms with Crippen LogP contribution in [0, 0.1) is 0 Å². The Morgan fingerprint density at radius 3 is 2.81 bits per heavy atom. The van der Waals surface area contributed by atoms with E-state index in [2.05, 4.69) is 5.32 Å². The molecule has 5 heteroatoms. The zero-order chi connectivity index (χ0) is 15.2. The van der Waals surface area contributed by atoms with Gasteiger partial charge in [0.05, 0.1) is 6.54 Å². The zero-order valence-corrected chi connectivity index (χ0v) is 12.6. The summed E-state index contributed by atoms with van der Waals surface area (Å²) < 4.78 is 5.35. The topological polar surface area (TPSA) is 58.6 Å². The van der Waals surface area contributed by atoms with E-state index in [-0.39, 0.29) is 24.5 Å². The maximum atomic E-state index is 12.1. The fourth-order valence-corrected chi connectivity index (χ4v) is 2.45. The summed E-state index contributed by atoms with van der Waals surface area (Å²) >= 11 is 0. The third-order valence-corrected chi connectivity index (χ3v) is 3.63. The van der Waals surface area contributed by atoms with Crippen LogP contribution in [-0.2, 0) is 20.7 Å². The lowest BCUT2D eigenvalue weighted by atomic mass is 10.1. The molecule has 1 aromatic rings. The van der Waals surface area contributed by atoms with Gasteiger partial charge >= 0.3 is 0 Å². The lowest BCUT2D eigenvalue weighted by Gasteiger charge is -2.20. The first kappa shape index (κ1) is 15.5. The van der Waals surface area contributed by atoms with E-state index in [1.807, 2.05) is 31.2 Å². The standard InChI is InChI=1S/C16H22N2O3/c1-3-12-7-4-5-8-13(12)17-15(19)11-18(2)16(20)14-9-6-10-21-14/h4-5,7-8,14H,3,6,9-11H2,1-2H3,(H,17,19). The lowest BCUT2D eigenvalue weighted by molar-refractivity contribution is -0.141. The number of carbonyl (C=O) groups excluding carboxylic acids is 2. The van der Waals surface area contributed by atoms with Crippen molar-refractivity contribution in [1.82, 2.24) is 4.90 Å². The number of benzene rings is 1. The third-order valence-electron chi connectivity index (χ3n) is 3.63. The van der Waals surface area contributed by atoms with Crippen LogP contribution in [0.4, 0.5) is 5.69 Å². The largest absolute Gasteiger partial charge is 0.368 e. The Bertz CT molecular complexity index is 510. The summed E-state index contributed by atoms with van der Waals surface area (Å²) in [5, 5.41) is 2.86. The fourth-order valence-electron chi connectivity index (χ4n) is 2.45. The van der Waals surface area contributed by atoms with Crippen molar-refractivity contribution in [3.8, 4) is 0 Å². The van der Waals surface area contributed by atoms with E-state index < -0.39 is 0 Å². The van der Waals surface area contributed by atoms with Crippen molar-refractivity contribution in [2.24, 2.45) is 0 Å². The van der Waals surface area contributed by atoms with Gasteiger partial charge in [0.25, 0.3) is 5.91 Å². The smallest absolute Gasteiger partial charge is 0.251 e. The molecule has 5 nitrogen and oxygen atoms in total. The van der Waals surface area contributed by atoms with Gasteiger partial charge in [0.1, 0.15) is 6.10 Å². The number of anilines is 1. The monoisotopic (exact) mass is 290 g/mol. The van der Waals surface area contributed by atoms with Crippen molar-refractivity contribution >= 4 is 17.5 Å². The molecule has 0 aliphatic carbocycles. The van der Waals surface area contributed by atoms with Gasteiger partial charge < -0.3 is 15.0 Å². The van der Waals surface area contributed by atoms with Gasteiger partial charge in [0, 0.05) is 19.3 Å². The Morgan fingerprint density at radius 1 is 1.38 bits per heavy atom. The molecule has 2 rings (SSSR count). The van der Waals surface area contributed by atoms with Gasteiger partial charge in [-0.3, -0.25) is 9.59 Å². The van der Waals surface area contributed by atoms with Crippen LogP contribution < -0.4 is 5.32 Å². The molecule has 1 aromatic carbocycles. The van der Waals surface area contributed by atoms with E-state index in [1.165, 1.54) is 4.90 Å². The molecule has 0 radical (unpaired) electrons. The number of amides is 2. The molecule has 0 aromatic heterocycles. The van der Waals surface area contributed by atoms with Crippen LogP contribution in [0.5, 0.6) is 0 Å².